The lowest BCUT2D eigenvalue weighted by atomic mass is 10.2. The van der Waals surface area contributed by atoms with Gasteiger partial charge in [-0.2, -0.15) is 0 Å². The predicted octanol–water partition coefficient (Wildman–Crippen LogP) is 2.28. The molecule has 5 heteroatoms. The highest BCUT2D eigenvalue weighted by Gasteiger charge is 2.12. The molecule has 0 bridgehead atoms. The standard InChI is InChI=1S/C14H15NO4/c1-18-12-5-3-2-4-10(12)8-15-9-13-11(14(16)17)6-7-19-13/h2-7,15H,8-9H2,1H3,(H,16,17). The number of para-hydroxylation sites is 1. The number of furan rings is 1. The highest BCUT2D eigenvalue weighted by molar-refractivity contribution is 5.88. The van der Waals surface area contributed by atoms with E-state index < -0.39 is 5.97 Å². The van der Waals surface area contributed by atoms with Crippen molar-refractivity contribution in [3.63, 3.8) is 0 Å². The van der Waals surface area contributed by atoms with Crippen molar-refractivity contribution in [2.45, 2.75) is 13.1 Å². The molecule has 2 rings (SSSR count). The van der Waals surface area contributed by atoms with E-state index in [-0.39, 0.29) is 5.56 Å². The van der Waals surface area contributed by atoms with Gasteiger partial charge in [-0.25, -0.2) is 4.79 Å². The summed E-state index contributed by atoms with van der Waals surface area (Å²) in [6, 6.07) is 9.10. The van der Waals surface area contributed by atoms with Crippen LogP contribution in [-0.4, -0.2) is 18.2 Å². The van der Waals surface area contributed by atoms with Crippen LogP contribution >= 0.6 is 0 Å². The first kappa shape index (κ1) is 13.2. The molecule has 1 aromatic carbocycles. The maximum Gasteiger partial charge on any atom is 0.339 e. The number of rotatable bonds is 6. The molecule has 0 aliphatic heterocycles. The molecule has 0 spiro atoms. The molecule has 0 saturated carbocycles. The number of hydrogen-bond donors (Lipinski definition) is 2. The average Bonchev–Trinajstić information content (AvgIpc) is 2.88. The van der Waals surface area contributed by atoms with Crippen LogP contribution in [0.3, 0.4) is 0 Å². The Labute approximate surface area is 110 Å². The number of methoxy groups -OCH3 is 1. The Hall–Kier alpha value is -2.27. The number of carboxylic acids is 1. The number of hydrogen-bond acceptors (Lipinski definition) is 4. The highest BCUT2D eigenvalue weighted by atomic mass is 16.5. The number of carbonyl (C=O) groups is 1. The summed E-state index contributed by atoms with van der Waals surface area (Å²) >= 11 is 0. The minimum Gasteiger partial charge on any atom is -0.496 e. The number of carboxylic acid groups (broad SMARTS) is 1. The summed E-state index contributed by atoms with van der Waals surface area (Å²) < 4.78 is 10.4. The van der Waals surface area contributed by atoms with Gasteiger partial charge in [0.25, 0.3) is 0 Å². The third kappa shape index (κ3) is 3.14. The summed E-state index contributed by atoms with van der Waals surface area (Å²) in [6.45, 7) is 0.927. The van der Waals surface area contributed by atoms with Gasteiger partial charge in [0.05, 0.1) is 19.9 Å². The Balaban J connectivity index is 1.96. The van der Waals surface area contributed by atoms with E-state index in [1.165, 1.54) is 12.3 Å². The van der Waals surface area contributed by atoms with E-state index >= 15 is 0 Å². The second-order valence-electron chi connectivity index (χ2n) is 3.98. The molecule has 0 radical (unpaired) electrons. The Morgan fingerprint density at radius 3 is 2.84 bits per heavy atom. The van der Waals surface area contributed by atoms with Crippen LogP contribution in [0.5, 0.6) is 5.75 Å². The Kier molecular flexibility index (Phi) is 4.20. The third-order valence-electron chi connectivity index (χ3n) is 2.77. The zero-order valence-corrected chi connectivity index (χ0v) is 10.6. The van der Waals surface area contributed by atoms with E-state index in [0.29, 0.717) is 18.8 Å². The largest absolute Gasteiger partial charge is 0.496 e. The fraction of sp³-hybridized carbons (Fsp3) is 0.214. The number of ether oxygens (including phenoxy) is 1. The van der Waals surface area contributed by atoms with Crippen LogP contribution in [0.2, 0.25) is 0 Å². The summed E-state index contributed by atoms with van der Waals surface area (Å²) in [5.74, 6) is 0.234. The van der Waals surface area contributed by atoms with Gasteiger partial charge in [-0.05, 0) is 12.1 Å². The van der Waals surface area contributed by atoms with Crippen LogP contribution in [0.15, 0.2) is 41.0 Å². The topological polar surface area (TPSA) is 71.7 Å². The molecular weight excluding hydrogens is 246 g/mol. The number of aromatic carboxylic acids is 1. The van der Waals surface area contributed by atoms with Crippen molar-refractivity contribution in [2.24, 2.45) is 0 Å². The highest BCUT2D eigenvalue weighted by Crippen LogP contribution is 2.17. The lowest BCUT2D eigenvalue weighted by Gasteiger charge is -2.08. The normalized spacial score (nSPS) is 10.4. The van der Waals surface area contributed by atoms with E-state index in [9.17, 15) is 4.79 Å². The van der Waals surface area contributed by atoms with Gasteiger partial charge in [-0.1, -0.05) is 18.2 Å². The summed E-state index contributed by atoms with van der Waals surface area (Å²) in [7, 11) is 1.62. The van der Waals surface area contributed by atoms with Crippen molar-refractivity contribution in [2.75, 3.05) is 7.11 Å². The molecule has 0 fully saturated rings. The Bertz CT molecular complexity index is 562. The monoisotopic (exact) mass is 261 g/mol. The minimum atomic E-state index is -0.983. The second kappa shape index (κ2) is 6.06. The molecule has 100 valence electrons. The zero-order chi connectivity index (χ0) is 13.7. The van der Waals surface area contributed by atoms with E-state index in [1.54, 1.807) is 7.11 Å². The SMILES string of the molecule is COc1ccccc1CNCc1occc1C(=O)O. The van der Waals surface area contributed by atoms with Gasteiger partial charge in [0.2, 0.25) is 0 Å². The van der Waals surface area contributed by atoms with Crippen molar-refractivity contribution >= 4 is 5.97 Å². The first-order valence-electron chi connectivity index (χ1n) is 5.84. The predicted molar refractivity (Wildman–Crippen MR) is 69.2 cm³/mol. The van der Waals surface area contributed by atoms with Crippen LogP contribution < -0.4 is 10.1 Å². The van der Waals surface area contributed by atoms with E-state index in [1.807, 2.05) is 24.3 Å². The van der Waals surface area contributed by atoms with Gasteiger partial charge < -0.3 is 19.6 Å². The first-order chi connectivity index (χ1) is 9.22. The molecule has 1 heterocycles. The quantitative estimate of drug-likeness (QED) is 0.834. The molecule has 0 saturated heterocycles. The molecule has 0 amide bonds. The van der Waals surface area contributed by atoms with Crippen LogP contribution in [0.1, 0.15) is 21.7 Å². The number of benzene rings is 1. The summed E-state index contributed by atoms with van der Waals surface area (Å²) in [5, 5.41) is 12.1. The summed E-state index contributed by atoms with van der Waals surface area (Å²) in [4.78, 5) is 10.9. The molecule has 0 aliphatic rings. The second-order valence-corrected chi connectivity index (χ2v) is 3.98. The number of nitrogens with one attached hydrogen (secondary N) is 1. The fourth-order valence-corrected chi connectivity index (χ4v) is 1.83. The fourth-order valence-electron chi connectivity index (χ4n) is 1.83. The molecular formula is C14H15NO4. The van der Waals surface area contributed by atoms with Crippen molar-refractivity contribution < 1.29 is 19.1 Å². The third-order valence-corrected chi connectivity index (χ3v) is 2.77. The van der Waals surface area contributed by atoms with Crippen molar-refractivity contribution in [1.29, 1.82) is 0 Å². The molecule has 1 aromatic heterocycles. The molecule has 0 atom stereocenters. The van der Waals surface area contributed by atoms with E-state index in [2.05, 4.69) is 5.32 Å². The van der Waals surface area contributed by atoms with Gasteiger partial charge in [0.15, 0.2) is 0 Å². The van der Waals surface area contributed by atoms with Gasteiger partial charge in [0.1, 0.15) is 17.1 Å². The van der Waals surface area contributed by atoms with Gasteiger partial charge >= 0.3 is 5.97 Å². The Morgan fingerprint density at radius 2 is 2.11 bits per heavy atom. The molecule has 0 aliphatic carbocycles. The van der Waals surface area contributed by atoms with Gasteiger partial charge in [-0.15, -0.1) is 0 Å². The molecule has 0 unspecified atom stereocenters. The average molecular weight is 261 g/mol. The molecule has 2 aromatic rings. The van der Waals surface area contributed by atoms with Gasteiger partial charge in [-0.3, -0.25) is 0 Å². The molecule has 19 heavy (non-hydrogen) atoms. The maximum absolute atomic E-state index is 10.9. The Morgan fingerprint density at radius 1 is 1.32 bits per heavy atom. The zero-order valence-electron chi connectivity index (χ0n) is 10.6. The maximum atomic E-state index is 10.9. The van der Waals surface area contributed by atoms with Crippen LogP contribution in [0.4, 0.5) is 0 Å². The summed E-state index contributed by atoms with van der Waals surface area (Å²) in [6.07, 6.45) is 1.38. The van der Waals surface area contributed by atoms with Crippen LogP contribution in [0, 0.1) is 0 Å². The minimum absolute atomic E-state index is 0.188. The van der Waals surface area contributed by atoms with Crippen LogP contribution in [0.25, 0.3) is 0 Å². The van der Waals surface area contributed by atoms with Crippen LogP contribution in [-0.2, 0) is 13.1 Å². The van der Waals surface area contributed by atoms with Gasteiger partial charge in [0, 0.05) is 12.1 Å². The van der Waals surface area contributed by atoms with E-state index in [0.717, 1.165) is 11.3 Å². The first-order valence-corrected chi connectivity index (χ1v) is 5.84. The van der Waals surface area contributed by atoms with Crippen molar-refractivity contribution in [3.8, 4) is 5.75 Å². The smallest absolute Gasteiger partial charge is 0.339 e. The van der Waals surface area contributed by atoms with E-state index in [4.69, 9.17) is 14.3 Å². The molecule has 2 N–H and O–H groups in total. The molecule has 5 nitrogen and oxygen atoms in total. The lowest BCUT2D eigenvalue weighted by Crippen LogP contribution is -2.14. The lowest BCUT2D eigenvalue weighted by molar-refractivity contribution is 0.0694. The van der Waals surface area contributed by atoms with Crippen molar-refractivity contribution in [1.82, 2.24) is 5.32 Å². The summed E-state index contributed by atoms with van der Waals surface area (Å²) in [5.41, 5.74) is 1.20. The van der Waals surface area contributed by atoms with Crippen molar-refractivity contribution in [3.05, 3.63) is 53.5 Å².